The third kappa shape index (κ3) is 5.38. The average Bonchev–Trinajstić information content (AvgIpc) is 2.24. The summed E-state index contributed by atoms with van der Waals surface area (Å²) in [5.74, 6) is 0.366. The molecule has 0 heterocycles. The lowest BCUT2D eigenvalue weighted by molar-refractivity contribution is -0.127. The van der Waals surface area contributed by atoms with E-state index < -0.39 is 11.6 Å². The summed E-state index contributed by atoms with van der Waals surface area (Å²) in [4.78, 5) is 11.8. The SMILES string of the molecule is CC(Oc1cccc(Cl)c1)C(=O)NCC(C)(C)N. The maximum Gasteiger partial charge on any atom is 0.260 e. The van der Waals surface area contributed by atoms with Crippen molar-refractivity contribution in [2.45, 2.75) is 32.4 Å². The molecule has 1 aromatic rings. The maximum absolute atomic E-state index is 11.8. The Labute approximate surface area is 112 Å². The molecule has 100 valence electrons. The van der Waals surface area contributed by atoms with Crippen LogP contribution in [-0.2, 0) is 4.79 Å². The third-order valence-electron chi connectivity index (χ3n) is 2.20. The van der Waals surface area contributed by atoms with E-state index in [0.717, 1.165) is 0 Å². The number of carbonyl (C=O) groups is 1. The van der Waals surface area contributed by atoms with E-state index in [1.54, 1.807) is 31.2 Å². The molecular formula is C13H19ClN2O2. The van der Waals surface area contributed by atoms with Gasteiger partial charge in [0.1, 0.15) is 5.75 Å². The molecule has 0 radical (unpaired) electrons. The average molecular weight is 271 g/mol. The molecule has 0 spiro atoms. The van der Waals surface area contributed by atoms with Crippen LogP contribution in [0.4, 0.5) is 0 Å². The Morgan fingerprint density at radius 3 is 2.78 bits per heavy atom. The number of nitrogens with one attached hydrogen (secondary N) is 1. The molecule has 0 saturated heterocycles. The molecule has 0 aliphatic rings. The molecule has 0 fully saturated rings. The van der Waals surface area contributed by atoms with Crippen LogP contribution in [0.5, 0.6) is 5.75 Å². The fourth-order valence-corrected chi connectivity index (χ4v) is 1.44. The monoisotopic (exact) mass is 270 g/mol. The highest BCUT2D eigenvalue weighted by molar-refractivity contribution is 6.30. The van der Waals surface area contributed by atoms with Gasteiger partial charge in [-0.05, 0) is 39.0 Å². The topological polar surface area (TPSA) is 64.3 Å². The zero-order valence-electron chi connectivity index (χ0n) is 10.9. The fourth-order valence-electron chi connectivity index (χ4n) is 1.26. The van der Waals surface area contributed by atoms with Crippen molar-refractivity contribution in [2.75, 3.05) is 6.54 Å². The van der Waals surface area contributed by atoms with Gasteiger partial charge in [-0.2, -0.15) is 0 Å². The summed E-state index contributed by atoms with van der Waals surface area (Å²) in [7, 11) is 0. The van der Waals surface area contributed by atoms with Gasteiger partial charge < -0.3 is 15.8 Å². The van der Waals surface area contributed by atoms with Gasteiger partial charge in [0.05, 0.1) is 0 Å². The molecule has 1 unspecified atom stereocenters. The summed E-state index contributed by atoms with van der Waals surface area (Å²) < 4.78 is 5.48. The third-order valence-corrected chi connectivity index (χ3v) is 2.43. The number of hydrogen-bond acceptors (Lipinski definition) is 3. The van der Waals surface area contributed by atoms with Crippen LogP contribution in [0.3, 0.4) is 0 Å². The van der Waals surface area contributed by atoms with Gasteiger partial charge in [0.15, 0.2) is 6.10 Å². The van der Waals surface area contributed by atoms with Crippen LogP contribution in [0, 0.1) is 0 Å². The molecule has 1 amide bonds. The van der Waals surface area contributed by atoms with Crippen LogP contribution in [0.2, 0.25) is 5.02 Å². The van der Waals surface area contributed by atoms with E-state index in [1.807, 2.05) is 13.8 Å². The number of hydrogen-bond donors (Lipinski definition) is 2. The zero-order valence-corrected chi connectivity index (χ0v) is 11.6. The summed E-state index contributed by atoms with van der Waals surface area (Å²) in [6.45, 7) is 5.76. The van der Waals surface area contributed by atoms with Crippen LogP contribution < -0.4 is 15.8 Å². The highest BCUT2D eigenvalue weighted by Crippen LogP contribution is 2.18. The molecule has 0 aliphatic heterocycles. The van der Waals surface area contributed by atoms with Crippen LogP contribution in [0.15, 0.2) is 24.3 Å². The Morgan fingerprint density at radius 2 is 2.22 bits per heavy atom. The Balaban J connectivity index is 2.50. The molecule has 1 atom stereocenters. The number of carbonyl (C=O) groups excluding carboxylic acids is 1. The zero-order chi connectivity index (χ0) is 13.8. The van der Waals surface area contributed by atoms with Gasteiger partial charge in [-0.25, -0.2) is 0 Å². The quantitative estimate of drug-likeness (QED) is 0.860. The number of ether oxygens (including phenoxy) is 1. The normalized spacial score (nSPS) is 12.9. The van der Waals surface area contributed by atoms with Crippen molar-refractivity contribution in [3.8, 4) is 5.75 Å². The number of nitrogens with two attached hydrogens (primary N) is 1. The molecule has 1 rings (SSSR count). The van der Waals surface area contributed by atoms with Crippen LogP contribution >= 0.6 is 11.6 Å². The molecule has 0 aliphatic carbocycles. The second-order valence-electron chi connectivity index (χ2n) is 4.92. The molecule has 0 aromatic heterocycles. The van der Waals surface area contributed by atoms with E-state index in [9.17, 15) is 4.79 Å². The van der Waals surface area contributed by atoms with Gasteiger partial charge in [0.2, 0.25) is 0 Å². The predicted octanol–water partition coefficient (Wildman–Crippen LogP) is 1.96. The van der Waals surface area contributed by atoms with E-state index in [-0.39, 0.29) is 5.91 Å². The molecule has 18 heavy (non-hydrogen) atoms. The second-order valence-corrected chi connectivity index (χ2v) is 5.36. The minimum absolute atomic E-state index is 0.200. The first-order valence-electron chi connectivity index (χ1n) is 5.77. The van der Waals surface area contributed by atoms with Crippen molar-refractivity contribution in [2.24, 2.45) is 5.73 Å². The van der Waals surface area contributed by atoms with Gasteiger partial charge in [-0.3, -0.25) is 4.79 Å². The van der Waals surface area contributed by atoms with E-state index in [4.69, 9.17) is 22.1 Å². The van der Waals surface area contributed by atoms with Crippen LogP contribution in [0.1, 0.15) is 20.8 Å². The van der Waals surface area contributed by atoms with Crippen molar-refractivity contribution in [1.82, 2.24) is 5.32 Å². The van der Waals surface area contributed by atoms with Gasteiger partial charge >= 0.3 is 0 Å². The molecule has 5 heteroatoms. The molecule has 0 bridgehead atoms. The fraction of sp³-hybridized carbons (Fsp3) is 0.462. The highest BCUT2D eigenvalue weighted by atomic mass is 35.5. The van der Waals surface area contributed by atoms with Crippen LogP contribution in [0.25, 0.3) is 0 Å². The van der Waals surface area contributed by atoms with Gasteiger partial charge in [-0.1, -0.05) is 17.7 Å². The molecule has 0 saturated carbocycles. The van der Waals surface area contributed by atoms with Crippen molar-refractivity contribution in [3.63, 3.8) is 0 Å². The molecule has 1 aromatic carbocycles. The first-order chi connectivity index (χ1) is 8.28. The number of amides is 1. The Morgan fingerprint density at radius 1 is 1.56 bits per heavy atom. The first-order valence-corrected chi connectivity index (χ1v) is 6.14. The summed E-state index contributed by atoms with van der Waals surface area (Å²) in [5.41, 5.74) is 5.34. The maximum atomic E-state index is 11.8. The summed E-state index contributed by atoms with van der Waals surface area (Å²) in [5, 5.41) is 3.31. The standard InChI is InChI=1S/C13H19ClN2O2/c1-9(12(17)16-8-13(2,3)15)18-11-6-4-5-10(14)7-11/h4-7,9H,8,15H2,1-3H3,(H,16,17). The number of rotatable bonds is 5. The molecule has 3 N–H and O–H groups in total. The van der Waals surface area contributed by atoms with Crippen molar-refractivity contribution in [3.05, 3.63) is 29.3 Å². The minimum Gasteiger partial charge on any atom is -0.481 e. The van der Waals surface area contributed by atoms with Gasteiger partial charge in [-0.15, -0.1) is 0 Å². The van der Waals surface area contributed by atoms with Crippen molar-refractivity contribution in [1.29, 1.82) is 0 Å². The van der Waals surface area contributed by atoms with Gasteiger partial charge in [0.25, 0.3) is 5.91 Å². The Hall–Kier alpha value is -1.26. The van der Waals surface area contributed by atoms with Gasteiger partial charge in [0, 0.05) is 17.1 Å². The minimum atomic E-state index is -0.592. The highest BCUT2D eigenvalue weighted by Gasteiger charge is 2.18. The summed E-state index contributed by atoms with van der Waals surface area (Å²) >= 11 is 5.83. The largest absolute Gasteiger partial charge is 0.481 e. The molecule has 4 nitrogen and oxygen atoms in total. The van der Waals surface area contributed by atoms with Crippen LogP contribution in [-0.4, -0.2) is 24.1 Å². The smallest absolute Gasteiger partial charge is 0.260 e. The summed E-state index contributed by atoms with van der Waals surface area (Å²) in [6, 6.07) is 6.93. The lowest BCUT2D eigenvalue weighted by Crippen LogP contribution is -2.48. The summed E-state index contributed by atoms with van der Waals surface area (Å²) in [6.07, 6.45) is -0.592. The van der Waals surface area contributed by atoms with Crippen molar-refractivity contribution >= 4 is 17.5 Å². The number of halogens is 1. The van der Waals surface area contributed by atoms with E-state index in [2.05, 4.69) is 5.32 Å². The first kappa shape index (κ1) is 14.8. The van der Waals surface area contributed by atoms with E-state index in [1.165, 1.54) is 0 Å². The lowest BCUT2D eigenvalue weighted by atomic mass is 10.1. The Kier molecular flexibility index (Phi) is 4.99. The van der Waals surface area contributed by atoms with E-state index in [0.29, 0.717) is 17.3 Å². The predicted molar refractivity (Wildman–Crippen MR) is 72.8 cm³/mol. The number of benzene rings is 1. The lowest BCUT2D eigenvalue weighted by Gasteiger charge is -2.21. The van der Waals surface area contributed by atoms with Crippen molar-refractivity contribution < 1.29 is 9.53 Å². The van der Waals surface area contributed by atoms with E-state index >= 15 is 0 Å². The Bertz CT molecular complexity index is 416. The molecular weight excluding hydrogens is 252 g/mol. The second kappa shape index (κ2) is 6.07.